The van der Waals surface area contributed by atoms with Gasteiger partial charge in [-0.15, -0.1) is 11.6 Å². The molecule has 1 amide bonds. The van der Waals surface area contributed by atoms with E-state index in [2.05, 4.69) is 0 Å². The molecule has 2 atom stereocenters. The van der Waals surface area contributed by atoms with E-state index in [1.807, 2.05) is 0 Å². The van der Waals surface area contributed by atoms with Gasteiger partial charge in [-0.1, -0.05) is 6.07 Å². The van der Waals surface area contributed by atoms with Gasteiger partial charge in [-0.3, -0.25) is 4.79 Å². The maximum absolute atomic E-state index is 14.0. The highest BCUT2D eigenvalue weighted by Gasteiger charge is 2.32. The predicted octanol–water partition coefficient (Wildman–Crippen LogP) is 2.74. The Kier molecular flexibility index (Phi) is 4.60. The van der Waals surface area contributed by atoms with Crippen LogP contribution in [0.2, 0.25) is 0 Å². The Morgan fingerprint density at radius 2 is 2.20 bits per heavy atom. The minimum Gasteiger partial charge on any atom is -0.373 e. The summed E-state index contributed by atoms with van der Waals surface area (Å²) < 4.78 is 33.3. The molecule has 1 saturated heterocycles. The van der Waals surface area contributed by atoms with Crippen molar-refractivity contribution in [1.29, 1.82) is 0 Å². The van der Waals surface area contributed by atoms with Crippen LogP contribution in [0, 0.1) is 18.6 Å². The zero-order chi connectivity index (χ0) is 14.9. The molecule has 0 aliphatic carbocycles. The number of ether oxygens (including phenoxy) is 1. The number of halogens is 3. The summed E-state index contributed by atoms with van der Waals surface area (Å²) in [6, 6.07) is 2.17. The van der Waals surface area contributed by atoms with Crippen molar-refractivity contribution in [2.45, 2.75) is 26.0 Å². The summed E-state index contributed by atoms with van der Waals surface area (Å²) >= 11 is 5.72. The highest BCUT2D eigenvalue weighted by Crippen LogP contribution is 2.22. The van der Waals surface area contributed by atoms with Crippen LogP contribution in [0.3, 0.4) is 0 Å². The lowest BCUT2D eigenvalue weighted by Crippen LogP contribution is -2.51. The lowest BCUT2D eigenvalue weighted by atomic mass is 10.1. The molecule has 2 unspecified atom stereocenters. The number of benzene rings is 1. The zero-order valence-electron chi connectivity index (χ0n) is 11.3. The first-order valence-corrected chi connectivity index (χ1v) is 6.92. The van der Waals surface area contributed by atoms with Gasteiger partial charge >= 0.3 is 0 Å². The van der Waals surface area contributed by atoms with Gasteiger partial charge < -0.3 is 9.64 Å². The number of rotatable bonds is 2. The van der Waals surface area contributed by atoms with Crippen molar-refractivity contribution in [1.82, 2.24) is 4.90 Å². The van der Waals surface area contributed by atoms with Crippen LogP contribution in [0.25, 0.3) is 0 Å². The van der Waals surface area contributed by atoms with Crippen molar-refractivity contribution in [3.8, 4) is 0 Å². The molecular formula is C14H16ClF2NO2. The van der Waals surface area contributed by atoms with Gasteiger partial charge in [-0.25, -0.2) is 8.78 Å². The maximum atomic E-state index is 14.0. The molecule has 1 aromatic rings. The molecule has 0 aromatic heterocycles. The summed E-state index contributed by atoms with van der Waals surface area (Å²) in [6.45, 7) is 3.80. The Bertz CT molecular complexity index is 524. The molecule has 0 spiro atoms. The van der Waals surface area contributed by atoms with Crippen LogP contribution in [0.5, 0.6) is 0 Å². The summed E-state index contributed by atoms with van der Waals surface area (Å²) in [5, 5.41) is 0. The number of carbonyl (C=O) groups excluding carboxylic acids is 1. The van der Waals surface area contributed by atoms with E-state index in [4.69, 9.17) is 16.3 Å². The minimum absolute atomic E-state index is 0.231. The molecule has 0 bridgehead atoms. The normalized spacial score (nSPS) is 22.9. The third-order valence-corrected chi connectivity index (χ3v) is 3.78. The van der Waals surface area contributed by atoms with E-state index in [-0.39, 0.29) is 30.1 Å². The van der Waals surface area contributed by atoms with Crippen LogP contribution in [0.15, 0.2) is 12.1 Å². The Morgan fingerprint density at radius 1 is 1.50 bits per heavy atom. The fourth-order valence-electron chi connectivity index (χ4n) is 2.19. The van der Waals surface area contributed by atoms with E-state index < -0.39 is 23.1 Å². The van der Waals surface area contributed by atoms with Crippen molar-refractivity contribution in [3.05, 3.63) is 34.9 Å². The Labute approximate surface area is 121 Å². The quantitative estimate of drug-likeness (QED) is 0.786. The van der Waals surface area contributed by atoms with Crippen molar-refractivity contribution in [2.75, 3.05) is 19.0 Å². The fraction of sp³-hybridized carbons (Fsp3) is 0.500. The minimum atomic E-state index is -0.848. The van der Waals surface area contributed by atoms with Crippen LogP contribution in [0.4, 0.5) is 8.78 Å². The number of hydrogen-bond donors (Lipinski definition) is 0. The Morgan fingerprint density at radius 3 is 2.85 bits per heavy atom. The molecule has 1 aromatic carbocycles. The molecule has 6 heteroatoms. The van der Waals surface area contributed by atoms with Gasteiger partial charge in [0.1, 0.15) is 17.2 Å². The smallest absolute Gasteiger partial charge is 0.260 e. The molecule has 1 heterocycles. The second kappa shape index (κ2) is 6.06. The van der Waals surface area contributed by atoms with Gasteiger partial charge in [-0.05, 0) is 25.5 Å². The second-order valence-corrected chi connectivity index (χ2v) is 5.28. The van der Waals surface area contributed by atoms with Crippen molar-refractivity contribution in [3.63, 3.8) is 0 Å². The predicted molar refractivity (Wildman–Crippen MR) is 72.1 cm³/mol. The summed E-state index contributed by atoms with van der Waals surface area (Å²) in [5.41, 5.74) is -0.267. The van der Waals surface area contributed by atoms with Crippen molar-refractivity contribution < 1.29 is 18.3 Å². The number of alkyl halides is 1. The number of carbonyl (C=O) groups is 1. The van der Waals surface area contributed by atoms with E-state index in [9.17, 15) is 13.6 Å². The number of nitrogens with zero attached hydrogens (tertiary/aromatic N) is 1. The highest BCUT2D eigenvalue weighted by atomic mass is 35.5. The van der Waals surface area contributed by atoms with Gasteiger partial charge in [0.2, 0.25) is 0 Å². The average Bonchev–Trinajstić information content (AvgIpc) is 2.43. The molecular weight excluding hydrogens is 288 g/mol. The van der Waals surface area contributed by atoms with Crippen LogP contribution >= 0.6 is 11.6 Å². The van der Waals surface area contributed by atoms with Gasteiger partial charge in [0.05, 0.1) is 24.6 Å². The Hall–Kier alpha value is -1.20. The zero-order valence-corrected chi connectivity index (χ0v) is 12.1. The summed E-state index contributed by atoms with van der Waals surface area (Å²) in [4.78, 5) is 13.8. The molecule has 0 saturated carbocycles. The van der Waals surface area contributed by atoms with Gasteiger partial charge in [-0.2, -0.15) is 0 Å². The second-order valence-electron chi connectivity index (χ2n) is 4.97. The molecule has 20 heavy (non-hydrogen) atoms. The number of amides is 1. The molecule has 1 aliphatic heterocycles. The first-order chi connectivity index (χ1) is 9.45. The monoisotopic (exact) mass is 303 g/mol. The maximum Gasteiger partial charge on any atom is 0.260 e. The van der Waals surface area contributed by atoms with E-state index in [1.54, 1.807) is 6.92 Å². The van der Waals surface area contributed by atoms with E-state index >= 15 is 0 Å². The summed E-state index contributed by atoms with van der Waals surface area (Å²) in [7, 11) is 0. The van der Waals surface area contributed by atoms with Crippen molar-refractivity contribution >= 4 is 17.5 Å². The first-order valence-electron chi connectivity index (χ1n) is 6.38. The number of morpholine rings is 1. The standard InChI is InChI=1S/C14H16ClF2NO2/c1-8-3-4-11(16)12(13(8)17)14(19)18-6-10(5-15)20-7-9(18)2/h3-4,9-10H,5-7H2,1-2H3. The molecule has 110 valence electrons. The van der Waals surface area contributed by atoms with E-state index in [1.165, 1.54) is 17.9 Å². The summed E-state index contributed by atoms with van der Waals surface area (Å²) in [6.07, 6.45) is -0.312. The van der Waals surface area contributed by atoms with Crippen LogP contribution in [-0.2, 0) is 4.74 Å². The van der Waals surface area contributed by atoms with Crippen LogP contribution in [-0.4, -0.2) is 42.0 Å². The fourth-order valence-corrected chi connectivity index (χ4v) is 2.38. The number of aryl methyl sites for hydroxylation is 1. The van der Waals surface area contributed by atoms with Crippen LogP contribution in [0.1, 0.15) is 22.8 Å². The Balaban J connectivity index is 2.33. The molecule has 3 nitrogen and oxygen atoms in total. The topological polar surface area (TPSA) is 29.5 Å². The average molecular weight is 304 g/mol. The SMILES string of the molecule is Cc1ccc(F)c(C(=O)N2CC(CCl)OCC2C)c1F. The lowest BCUT2D eigenvalue weighted by Gasteiger charge is -2.37. The van der Waals surface area contributed by atoms with E-state index in [0.29, 0.717) is 6.61 Å². The van der Waals surface area contributed by atoms with Gasteiger partial charge in [0.25, 0.3) is 5.91 Å². The van der Waals surface area contributed by atoms with Gasteiger partial charge in [0, 0.05) is 6.54 Å². The third-order valence-electron chi connectivity index (χ3n) is 3.44. The highest BCUT2D eigenvalue weighted by molar-refractivity contribution is 6.18. The third kappa shape index (κ3) is 2.79. The first kappa shape index (κ1) is 15.2. The van der Waals surface area contributed by atoms with Crippen LogP contribution < -0.4 is 0 Å². The lowest BCUT2D eigenvalue weighted by molar-refractivity contribution is -0.0374. The molecule has 1 aliphatic rings. The van der Waals surface area contributed by atoms with Crippen molar-refractivity contribution in [2.24, 2.45) is 0 Å². The molecule has 0 N–H and O–H groups in total. The van der Waals surface area contributed by atoms with E-state index in [0.717, 1.165) is 6.07 Å². The number of hydrogen-bond acceptors (Lipinski definition) is 2. The summed E-state index contributed by atoms with van der Waals surface area (Å²) in [5.74, 6) is -2.08. The van der Waals surface area contributed by atoms with Gasteiger partial charge in [0.15, 0.2) is 0 Å². The molecule has 0 radical (unpaired) electrons. The molecule has 1 fully saturated rings. The molecule has 2 rings (SSSR count). The largest absolute Gasteiger partial charge is 0.373 e.